The van der Waals surface area contributed by atoms with Crippen molar-refractivity contribution < 1.29 is 10.2 Å². The molecule has 2 aromatic carbocycles. The average molecular weight is 723 g/mol. The van der Waals surface area contributed by atoms with Gasteiger partial charge in [0.05, 0.1) is 9.79 Å². The van der Waals surface area contributed by atoms with E-state index in [1.807, 2.05) is 0 Å². The second-order valence-electron chi connectivity index (χ2n) is 15.8. The Bertz CT molecular complexity index is 1040. The number of rotatable bonds is 34. The average Bonchev–Trinajstić information content (AvgIpc) is 3.13. The van der Waals surface area contributed by atoms with E-state index in [4.69, 9.17) is 0 Å². The fourth-order valence-corrected chi connectivity index (χ4v) is 8.63. The van der Waals surface area contributed by atoms with E-state index in [0.29, 0.717) is 11.5 Å². The number of benzene rings is 2. The predicted octanol–water partition coefficient (Wildman–Crippen LogP) is 16.4. The summed E-state index contributed by atoms with van der Waals surface area (Å²) in [6, 6.07) is 9.08. The highest BCUT2D eigenvalue weighted by molar-refractivity contribution is 7.99. The van der Waals surface area contributed by atoms with Crippen molar-refractivity contribution in [2.45, 2.75) is 243 Å². The molecule has 0 heterocycles. The monoisotopic (exact) mass is 723 g/mol. The molecular weight excluding hydrogens is 641 g/mol. The summed E-state index contributed by atoms with van der Waals surface area (Å²) < 4.78 is 0. The zero-order valence-electron chi connectivity index (χ0n) is 34.2. The molecule has 0 spiro atoms. The summed E-state index contributed by atoms with van der Waals surface area (Å²) in [4.78, 5) is 1.86. The fraction of sp³-hybridized carbons (Fsp3) is 0.750. The Morgan fingerprint density at radius 2 is 0.588 bits per heavy atom. The van der Waals surface area contributed by atoms with Crippen LogP contribution in [0.2, 0.25) is 0 Å². The first-order valence-electron chi connectivity index (χ1n) is 22.4. The lowest BCUT2D eigenvalue weighted by molar-refractivity contribution is 0.449. The van der Waals surface area contributed by atoms with Crippen LogP contribution in [0.4, 0.5) is 0 Å². The lowest BCUT2D eigenvalue weighted by Crippen LogP contribution is -1.96. The minimum absolute atomic E-state index is 0.444. The number of unbranched alkanes of at least 4 members (excludes halogenated alkanes) is 24. The van der Waals surface area contributed by atoms with Gasteiger partial charge >= 0.3 is 0 Å². The van der Waals surface area contributed by atoms with Gasteiger partial charge in [-0.3, -0.25) is 0 Å². The predicted molar refractivity (Wildman–Crippen MR) is 227 cm³/mol. The van der Waals surface area contributed by atoms with Crippen LogP contribution in [0.5, 0.6) is 11.5 Å². The number of aryl methyl sites for hydroxylation is 4. The highest BCUT2D eigenvalue weighted by Crippen LogP contribution is 2.44. The Kier molecular flexibility index (Phi) is 27.5. The van der Waals surface area contributed by atoms with Gasteiger partial charge in [0.2, 0.25) is 0 Å². The molecule has 3 heteroatoms. The van der Waals surface area contributed by atoms with E-state index in [9.17, 15) is 10.2 Å². The van der Waals surface area contributed by atoms with Gasteiger partial charge in [-0.1, -0.05) is 206 Å². The van der Waals surface area contributed by atoms with Crippen molar-refractivity contribution >= 4 is 11.8 Å². The van der Waals surface area contributed by atoms with E-state index in [0.717, 1.165) is 59.4 Å². The van der Waals surface area contributed by atoms with Gasteiger partial charge in [-0.05, 0) is 85.8 Å². The Morgan fingerprint density at radius 1 is 0.333 bits per heavy atom. The molecule has 292 valence electrons. The van der Waals surface area contributed by atoms with E-state index in [1.165, 1.54) is 178 Å². The number of hydrogen-bond acceptors (Lipinski definition) is 3. The first-order valence-corrected chi connectivity index (χ1v) is 23.2. The zero-order chi connectivity index (χ0) is 36.8. The summed E-state index contributed by atoms with van der Waals surface area (Å²) in [5.74, 6) is 0.889. The third-order valence-corrected chi connectivity index (χ3v) is 11.9. The van der Waals surface area contributed by atoms with Crippen molar-refractivity contribution in [1.29, 1.82) is 0 Å². The summed E-state index contributed by atoms with van der Waals surface area (Å²) >= 11 is 1.61. The molecule has 0 saturated carbocycles. The van der Waals surface area contributed by atoms with Gasteiger partial charge in [0.25, 0.3) is 0 Å². The first-order chi connectivity index (χ1) is 25.0. The van der Waals surface area contributed by atoms with Crippen LogP contribution in [-0.4, -0.2) is 10.2 Å². The van der Waals surface area contributed by atoms with Crippen molar-refractivity contribution in [3.8, 4) is 11.5 Å². The number of phenols is 2. The van der Waals surface area contributed by atoms with E-state index >= 15 is 0 Å². The minimum Gasteiger partial charge on any atom is -0.506 e. The van der Waals surface area contributed by atoms with E-state index in [2.05, 4.69) is 52.0 Å². The summed E-state index contributed by atoms with van der Waals surface area (Å²) in [6.45, 7) is 9.13. The van der Waals surface area contributed by atoms with Crippen LogP contribution in [0.25, 0.3) is 0 Å². The van der Waals surface area contributed by atoms with Crippen molar-refractivity contribution in [3.63, 3.8) is 0 Å². The van der Waals surface area contributed by atoms with Gasteiger partial charge in [-0.2, -0.15) is 0 Å². The molecular formula is C48H82O2S. The minimum atomic E-state index is 0.444. The van der Waals surface area contributed by atoms with Gasteiger partial charge in [0.15, 0.2) is 0 Å². The molecule has 0 radical (unpaired) electrons. The van der Waals surface area contributed by atoms with Crippen molar-refractivity contribution in [2.24, 2.45) is 0 Å². The summed E-state index contributed by atoms with van der Waals surface area (Å²) in [7, 11) is 0. The number of hydrogen-bond donors (Lipinski definition) is 2. The van der Waals surface area contributed by atoms with Gasteiger partial charge in [0, 0.05) is 0 Å². The second kappa shape index (κ2) is 30.8. The maximum Gasteiger partial charge on any atom is 0.132 e. The number of phenolic OH excluding ortho intramolecular Hbond substituents is 2. The molecule has 2 nitrogen and oxygen atoms in total. The molecule has 51 heavy (non-hydrogen) atoms. The topological polar surface area (TPSA) is 40.5 Å². The zero-order valence-corrected chi connectivity index (χ0v) is 35.1. The van der Waals surface area contributed by atoms with Gasteiger partial charge in [0.1, 0.15) is 11.5 Å². The molecule has 0 aliphatic rings. The highest BCUT2D eigenvalue weighted by Gasteiger charge is 2.17. The normalized spacial score (nSPS) is 11.5. The highest BCUT2D eigenvalue weighted by atomic mass is 32.2. The molecule has 0 aliphatic carbocycles. The van der Waals surface area contributed by atoms with Crippen molar-refractivity contribution in [2.75, 3.05) is 0 Å². The largest absolute Gasteiger partial charge is 0.506 e. The third kappa shape index (κ3) is 21.0. The van der Waals surface area contributed by atoms with E-state index in [-0.39, 0.29) is 0 Å². The maximum absolute atomic E-state index is 11.7. The molecule has 2 rings (SSSR count). The Labute approximate surface area is 321 Å². The summed E-state index contributed by atoms with van der Waals surface area (Å²) in [6.07, 6.45) is 40.3. The maximum atomic E-state index is 11.7. The molecule has 0 fully saturated rings. The van der Waals surface area contributed by atoms with Gasteiger partial charge < -0.3 is 10.2 Å². The Hall–Kier alpha value is -1.61. The van der Waals surface area contributed by atoms with Gasteiger partial charge in [-0.15, -0.1) is 0 Å². The van der Waals surface area contributed by atoms with Crippen LogP contribution in [0.1, 0.15) is 230 Å². The summed E-state index contributed by atoms with van der Waals surface area (Å²) in [5, 5.41) is 23.4. The van der Waals surface area contributed by atoms with Crippen LogP contribution in [0.15, 0.2) is 34.1 Å². The number of aromatic hydroxyl groups is 2. The van der Waals surface area contributed by atoms with Crippen molar-refractivity contribution in [3.05, 3.63) is 46.5 Å². The molecule has 0 unspecified atom stereocenters. The summed E-state index contributed by atoms with van der Waals surface area (Å²) in [5.41, 5.74) is 4.91. The standard InChI is InChI=1S/C48H82O2S/c1-5-9-13-17-21-25-29-33-41-37-43(35-31-27-23-19-15-11-7-3)47(49)45(39-41)51-46-40-42(34-30-26-22-18-14-10-6-2)38-44(48(46)50)36-32-28-24-20-16-12-8-4/h37-40,49-50H,5-36H2,1-4H3. The molecule has 0 bridgehead atoms. The van der Waals surface area contributed by atoms with Gasteiger partial charge in [-0.25, -0.2) is 0 Å². The van der Waals surface area contributed by atoms with Crippen LogP contribution >= 0.6 is 11.8 Å². The second-order valence-corrected chi connectivity index (χ2v) is 16.9. The van der Waals surface area contributed by atoms with Crippen molar-refractivity contribution in [1.82, 2.24) is 0 Å². The quantitative estimate of drug-likeness (QED) is 0.0707. The fourth-order valence-electron chi connectivity index (χ4n) is 7.52. The molecule has 0 saturated heterocycles. The van der Waals surface area contributed by atoms with Crippen LogP contribution in [0.3, 0.4) is 0 Å². The van der Waals surface area contributed by atoms with E-state index in [1.54, 1.807) is 11.8 Å². The third-order valence-electron chi connectivity index (χ3n) is 10.9. The Balaban J connectivity index is 2.22. The molecule has 0 aromatic heterocycles. The van der Waals surface area contributed by atoms with Crippen LogP contribution in [0, 0.1) is 0 Å². The lowest BCUT2D eigenvalue weighted by atomic mass is 9.99. The van der Waals surface area contributed by atoms with E-state index < -0.39 is 0 Å². The van der Waals surface area contributed by atoms with Crippen LogP contribution in [-0.2, 0) is 25.7 Å². The first kappa shape index (κ1) is 45.5. The Morgan fingerprint density at radius 3 is 0.882 bits per heavy atom. The smallest absolute Gasteiger partial charge is 0.132 e. The lowest BCUT2D eigenvalue weighted by Gasteiger charge is -2.16. The molecule has 0 amide bonds. The molecule has 2 N–H and O–H groups in total. The SMILES string of the molecule is CCCCCCCCCc1cc(CCCCCCCCC)c(O)c(Sc2cc(CCCCCCCCC)cc(CCCCCCCCC)c2O)c1. The molecule has 2 aromatic rings. The molecule has 0 aliphatic heterocycles. The molecule has 0 atom stereocenters. The van der Waals surface area contributed by atoms with Crippen LogP contribution < -0.4 is 0 Å².